The Labute approximate surface area is 88.4 Å². The Morgan fingerprint density at radius 3 is 2.73 bits per heavy atom. The van der Waals surface area contributed by atoms with Crippen LogP contribution in [0.2, 0.25) is 0 Å². The Morgan fingerprint density at radius 1 is 1.27 bits per heavy atom. The van der Waals surface area contributed by atoms with Crippen LogP contribution in [0.15, 0.2) is 0 Å². The van der Waals surface area contributed by atoms with Crippen LogP contribution in [0.4, 0.5) is 0 Å². The normalized spacial score (nSPS) is 44.5. The van der Waals surface area contributed by atoms with E-state index in [9.17, 15) is 9.59 Å². The molecule has 0 aromatic heterocycles. The average molecular weight is 209 g/mol. The second-order valence-corrected chi connectivity index (χ2v) is 5.33. The molecular weight excluding hydrogens is 194 g/mol. The minimum atomic E-state index is -0.372. The van der Waals surface area contributed by atoms with Gasteiger partial charge in [0, 0.05) is 13.0 Å². The number of rotatable bonds is 0. The van der Waals surface area contributed by atoms with Gasteiger partial charge in [-0.05, 0) is 24.7 Å². The zero-order valence-corrected chi connectivity index (χ0v) is 8.67. The Morgan fingerprint density at radius 2 is 2.07 bits per heavy atom. The summed E-state index contributed by atoms with van der Waals surface area (Å²) in [5.74, 6) is 0.253. The van der Waals surface area contributed by atoms with Gasteiger partial charge in [0.2, 0.25) is 5.91 Å². The zero-order valence-electron chi connectivity index (χ0n) is 8.67. The van der Waals surface area contributed by atoms with Crippen molar-refractivity contribution in [2.24, 2.45) is 10.8 Å². The molecule has 2 spiro atoms. The van der Waals surface area contributed by atoms with Gasteiger partial charge in [-0.1, -0.05) is 0 Å². The van der Waals surface area contributed by atoms with Crippen molar-refractivity contribution in [2.75, 3.05) is 19.8 Å². The summed E-state index contributed by atoms with van der Waals surface area (Å²) in [5, 5.41) is 2.70. The summed E-state index contributed by atoms with van der Waals surface area (Å²) in [7, 11) is 0. The quantitative estimate of drug-likeness (QED) is 0.622. The van der Waals surface area contributed by atoms with Gasteiger partial charge < -0.3 is 10.1 Å². The maximum absolute atomic E-state index is 11.8. The first kappa shape index (κ1) is 9.33. The lowest BCUT2D eigenvalue weighted by Crippen LogP contribution is -2.60. The fourth-order valence-electron chi connectivity index (χ4n) is 3.48. The third kappa shape index (κ3) is 1.24. The van der Waals surface area contributed by atoms with E-state index < -0.39 is 0 Å². The lowest BCUT2D eigenvalue weighted by molar-refractivity contribution is -0.157. The van der Waals surface area contributed by atoms with Gasteiger partial charge in [0.25, 0.3) is 0 Å². The molecule has 1 saturated carbocycles. The van der Waals surface area contributed by atoms with Crippen molar-refractivity contribution in [1.29, 1.82) is 0 Å². The molecule has 0 unspecified atom stereocenters. The molecule has 15 heavy (non-hydrogen) atoms. The van der Waals surface area contributed by atoms with Crippen LogP contribution >= 0.6 is 0 Å². The number of Topliss-reactive ketones (excluding diaryl/α,β-unsaturated/α-hetero) is 1. The zero-order chi connectivity index (χ0) is 10.5. The number of hydrogen-bond donors (Lipinski definition) is 1. The maximum atomic E-state index is 11.8. The molecule has 3 rings (SSSR count). The van der Waals surface area contributed by atoms with E-state index in [2.05, 4.69) is 5.32 Å². The van der Waals surface area contributed by atoms with Crippen molar-refractivity contribution in [2.45, 2.75) is 25.7 Å². The number of hydrogen-bond acceptors (Lipinski definition) is 3. The number of nitrogens with one attached hydrogen (secondary N) is 1. The lowest BCUT2D eigenvalue weighted by Gasteiger charge is -2.54. The maximum Gasteiger partial charge on any atom is 0.227 e. The van der Waals surface area contributed by atoms with Crippen LogP contribution in [-0.2, 0) is 14.3 Å². The number of ether oxygens (including phenoxy) is 1. The first-order valence-corrected chi connectivity index (χ1v) is 5.52. The molecule has 2 aliphatic heterocycles. The van der Waals surface area contributed by atoms with Gasteiger partial charge in [-0.3, -0.25) is 9.59 Å². The van der Waals surface area contributed by atoms with Gasteiger partial charge in [0.1, 0.15) is 0 Å². The molecule has 0 bridgehead atoms. The van der Waals surface area contributed by atoms with Gasteiger partial charge in [0.05, 0.1) is 18.6 Å². The number of piperidine rings is 1. The summed E-state index contributed by atoms with van der Waals surface area (Å²) in [6, 6.07) is 0. The van der Waals surface area contributed by atoms with Crippen molar-refractivity contribution < 1.29 is 14.3 Å². The number of carbonyl (C=O) groups is 2. The van der Waals surface area contributed by atoms with Crippen LogP contribution in [0.3, 0.4) is 0 Å². The highest BCUT2D eigenvalue weighted by atomic mass is 16.5. The average Bonchev–Trinajstić information content (AvgIpc) is 2.60. The van der Waals surface area contributed by atoms with E-state index in [0.29, 0.717) is 6.42 Å². The molecular formula is C11H15NO3. The first-order chi connectivity index (χ1) is 7.14. The number of amides is 1. The summed E-state index contributed by atoms with van der Waals surface area (Å²) < 4.78 is 5.38. The first-order valence-electron chi connectivity index (χ1n) is 5.52. The van der Waals surface area contributed by atoms with Crippen molar-refractivity contribution in [3.05, 3.63) is 0 Å². The van der Waals surface area contributed by atoms with Gasteiger partial charge in [-0.25, -0.2) is 0 Å². The van der Waals surface area contributed by atoms with E-state index >= 15 is 0 Å². The molecule has 4 heteroatoms. The largest absolute Gasteiger partial charge is 0.381 e. The number of ketones is 1. The molecule has 1 amide bonds. The summed E-state index contributed by atoms with van der Waals surface area (Å²) in [6.07, 6.45) is 3.19. The SMILES string of the molecule is O=C1CNC(=O)C2(C1)CC1(CCOC1)C2. The Balaban J connectivity index is 1.76. The van der Waals surface area contributed by atoms with Crippen LogP contribution in [-0.4, -0.2) is 31.4 Å². The minimum absolute atomic E-state index is 0.0830. The van der Waals surface area contributed by atoms with Crippen molar-refractivity contribution >= 4 is 11.7 Å². The van der Waals surface area contributed by atoms with Crippen LogP contribution < -0.4 is 5.32 Å². The van der Waals surface area contributed by atoms with E-state index in [-0.39, 0.29) is 29.1 Å². The highest BCUT2D eigenvalue weighted by Crippen LogP contribution is 2.60. The Hall–Kier alpha value is -0.900. The van der Waals surface area contributed by atoms with Gasteiger partial charge in [0.15, 0.2) is 5.78 Å². The second-order valence-electron chi connectivity index (χ2n) is 5.33. The molecule has 1 N–H and O–H groups in total. The molecule has 0 atom stereocenters. The standard InChI is InChI=1S/C11H15NO3/c13-8-3-11(9(14)12-4-8)5-10(6-11)1-2-15-7-10/h1-7H2,(H,12,14). The van der Waals surface area contributed by atoms with E-state index in [0.717, 1.165) is 32.5 Å². The fourth-order valence-corrected chi connectivity index (χ4v) is 3.48. The lowest BCUT2D eigenvalue weighted by atomic mass is 9.50. The topological polar surface area (TPSA) is 55.4 Å². The van der Waals surface area contributed by atoms with Gasteiger partial charge in [-0.15, -0.1) is 0 Å². The molecule has 1 aliphatic carbocycles. The predicted molar refractivity (Wildman–Crippen MR) is 52.2 cm³/mol. The van der Waals surface area contributed by atoms with Crippen molar-refractivity contribution in [3.63, 3.8) is 0 Å². The highest BCUT2D eigenvalue weighted by Gasteiger charge is 2.61. The molecule has 0 radical (unpaired) electrons. The monoisotopic (exact) mass is 209 g/mol. The van der Waals surface area contributed by atoms with E-state index in [4.69, 9.17) is 4.74 Å². The van der Waals surface area contributed by atoms with E-state index in [1.165, 1.54) is 0 Å². The summed E-state index contributed by atoms with van der Waals surface area (Å²) >= 11 is 0. The highest BCUT2D eigenvalue weighted by molar-refractivity contribution is 5.97. The van der Waals surface area contributed by atoms with Gasteiger partial charge in [-0.2, -0.15) is 0 Å². The predicted octanol–water partition coefficient (Wildman–Crippen LogP) is 0.262. The summed E-state index contributed by atoms with van der Waals surface area (Å²) in [6.45, 7) is 1.81. The minimum Gasteiger partial charge on any atom is -0.381 e. The van der Waals surface area contributed by atoms with Crippen LogP contribution in [0.25, 0.3) is 0 Å². The van der Waals surface area contributed by atoms with Crippen LogP contribution in [0.1, 0.15) is 25.7 Å². The summed E-state index contributed by atoms with van der Waals surface area (Å²) in [4.78, 5) is 23.2. The Kier molecular flexibility index (Phi) is 1.75. The van der Waals surface area contributed by atoms with E-state index in [1.807, 2.05) is 0 Å². The van der Waals surface area contributed by atoms with Crippen molar-refractivity contribution in [3.8, 4) is 0 Å². The Bertz CT molecular complexity index is 323. The molecule has 0 aromatic rings. The molecule has 82 valence electrons. The van der Waals surface area contributed by atoms with Crippen LogP contribution in [0.5, 0.6) is 0 Å². The van der Waals surface area contributed by atoms with Gasteiger partial charge >= 0.3 is 0 Å². The fraction of sp³-hybridized carbons (Fsp3) is 0.818. The number of carbonyl (C=O) groups excluding carboxylic acids is 2. The third-order valence-corrected chi connectivity index (χ3v) is 4.08. The third-order valence-electron chi connectivity index (χ3n) is 4.08. The molecule has 2 saturated heterocycles. The molecule has 0 aromatic carbocycles. The smallest absolute Gasteiger partial charge is 0.227 e. The van der Waals surface area contributed by atoms with Crippen LogP contribution in [0, 0.1) is 10.8 Å². The molecule has 3 aliphatic rings. The molecule has 4 nitrogen and oxygen atoms in total. The van der Waals surface area contributed by atoms with E-state index in [1.54, 1.807) is 0 Å². The summed E-state index contributed by atoms with van der Waals surface area (Å²) in [5.41, 5.74) is -0.155. The van der Waals surface area contributed by atoms with Crippen molar-refractivity contribution in [1.82, 2.24) is 5.32 Å². The molecule has 2 heterocycles. The molecule has 3 fully saturated rings. The second kappa shape index (κ2) is 2.82.